The number of amides is 1. The maximum absolute atomic E-state index is 12.5. The van der Waals surface area contributed by atoms with E-state index in [0.717, 1.165) is 63.4 Å². The zero-order chi connectivity index (χ0) is 17.6. The summed E-state index contributed by atoms with van der Waals surface area (Å²) in [4.78, 5) is 14.9. The molecule has 0 spiro atoms. The molecule has 1 aliphatic heterocycles. The Morgan fingerprint density at radius 1 is 1.24 bits per heavy atom. The summed E-state index contributed by atoms with van der Waals surface area (Å²) in [7, 11) is 3.44. The van der Waals surface area contributed by atoms with Crippen LogP contribution in [0.15, 0.2) is 24.3 Å². The topological polar surface area (TPSA) is 50.8 Å². The van der Waals surface area contributed by atoms with Crippen molar-refractivity contribution < 1.29 is 14.3 Å². The highest BCUT2D eigenvalue weighted by molar-refractivity contribution is 5.83. The number of benzene rings is 1. The van der Waals surface area contributed by atoms with E-state index in [1.54, 1.807) is 14.2 Å². The van der Waals surface area contributed by atoms with Crippen LogP contribution >= 0.6 is 0 Å². The Morgan fingerprint density at radius 3 is 2.72 bits per heavy atom. The number of hydrogen-bond donors (Lipinski definition) is 1. The number of hydrogen-bond acceptors (Lipinski definition) is 4. The fourth-order valence-electron chi connectivity index (χ4n) is 3.81. The van der Waals surface area contributed by atoms with E-state index in [1.807, 2.05) is 18.2 Å². The van der Waals surface area contributed by atoms with Crippen molar-refractivity contribution in [2.45, 2.75) is 25.2 Å². The summed E-state index contributed by atoms with van der Waals surface area (Å²) in [5.41, 5.74) is 1.16. The van der Waals surface area contributed by atoms with E-state index in [1.165, 1.54) is 0 Å². The Kier molecular flexibility index (Phi) is 6.32. The monoisotopic (exact) mass is 346 g/mol. The van der Waals surface area contributed by atoms with Gasteiger partial charge >= 0.3 is 0 Å². The summed E-state index contributed by atoms with van der Waals surface area (Å²) < 4.78 is 10.6. The minimum Gasteiger partial charge on any atom is -0.496 e. The molecule has 3 rings (SSSR count). The molecule has 1 aromatic rings. The van der Waals surface area contributed by atoms with Crippen molar-refractivity contribution >= 4 is 5.91 Å². The minimum absolute atomic E-state index is 0.109. The zero-order valence-electron chi connectivity index (χ0n) is 15.4. The standard InChI is InChI=1S/C20H30N2O3/c1-24-12-11-22-9-7-15(8-10-22)14-21-20(23)18-13-17(18)16-5-3-4-6-19(16)25-2/h3-6,15,17-18H,7-14H2,1-2H3,(H,21,23)/t17-,18-/m1/s1. The third-order valence-corrected chi connectivity index (χ3v) is 5.55. The first kappa shape index (κ1) is 18.2. The van der Waals surface area contributed by atoms with E-state index < -0.39 is 0 Å². The van der Waals surface area contributed by atoms with E-state index in [9.17, 15) is 4.79 Å². The van der Waals surface area contributed by atoms with Gasteiger partial charge in [-0.05, 0) is 55.8 Å². The number of rotatable bonds is 8. The first-order chi connectivity index (χ1) is 12.2. The fourth-order valence-corrected chi connectivity index (χ4v) is 3.81. The Bertz CT molecular complexity index is 570. The smallest absolute Gasteiger partial charge is 0.223 e. The van der Waals surface area contributed by atoms with E-state index in [4.69, 9.17) is 9.47 Å². The van der Waals surface area contributed by atoms with Crippen molar-refractivity contribution in [3.63, 3.8) is 0 Å². The van der Waals surface area contributed by atoms with Crippen LogP contribution in [0.3, 0.4) is 0 Å². The molecule has 1 aliphatic carbocycles. The lowest BCUT2D eigenvalue weighted by molar-refractivity contribution is -0.122. The Morgan fingerprint density at radius 2 is 2.00 bits per heavy atom. The fraction of sp³-hybridized carbons (Fsp3) is 0.650. The van der Waals surface area contributed by atoms with Crippen molar-refractivity contribution in [3.8, 4) is 5.75 Å². The lowest BCUT2D eigenvalue weighted by Crippen LogP contribution is -2.40. The molecule has 138 valence electrons. The summed E-state index contributed by atoms with van der Waals surface area (Å²) in [6.45, 7) is 4.84. The molecule has 0 bridgehead atoms. The lowest BCUT2D eigenvalue weighted by atomic mass is 9.96. The largest absolute Gasteiger partial charge is 0.496 e. The van der Waals surface area contributed by atoms with Crippen LogP contribution in [-0.2, 0) is 9.53 Å². The molecule has 0 aromatic heterocycles. The molecule has 1 amide bonds. The number of ether oxygens (including phenoxy) is 2. The van der Waals surface area contributed by atoms with Crippen molar-refractivity contribution in [2.75, 3.05) is 47.0 Å². The number of carbonyl (C=O) groups is 1. The van der Waals surface area contributed by atoms with Crippen molar-refractivity contribution in [2.24, 2.45) is 11.8 Å². The number of nitrogens with one attached hydrogen (secondary N) is 1. The number of methoxy groups -OCH3 is 2. The van der Waals surface area contributed by atoms with Gasteiger partial charge in [-0.2, -0.15) is 0 Å². The summed E-state index contributed by atoms with van der Waals surface area (Å²) >= 11 is 0. The van der Waals surface area contributed by atoms with Gasteiger partial charge in [0.05, 0.1) is 13.7 Å². The van der Waals surface area contributed by atoms with Gasteiger partial charge in [0, 0.05) is 26.1 Å². The van der Waals surface area contributed by atoms with Gasteiger partial charge in [-0.3, -0.25) is 4.79 Å². The molecule has 5 nitrogen and oxygen atoms in total. The Balaban J connectivity index is 1.40. The highest BCUT2D eigenvalue weighted by atomic mass is 16.5. The molecular formula is C20H30N2O3. The molecule has 1 N–H and O–H groups in total. The van der Waals surface area contributed by atoms with Crippen LogP contribution in [0.1, 0.15) is 30.7 Å². The molecule has 1 saturated carbocycles. The molecule has 2 fully saturated rings. The van der Waals surface area contributed by atoms with Crippen LogP contribution < -0.4 is 10.1 Å². The predicted octanol–water partition coefficient (Wildman–Crippen LogP) is 2.27. The lowest BCUT2D eigenvalue weighted by Gasteiger charge is -2.31. The van der Waals surface area contributed by atoms with Gasteiger partial charge in [-0.1, -0.05) is 18.2 Å². The van der Waals surface area contributed by atoms with Crippen molar-refractivity contribution in [1.82, 2.24) is 10.2 Å². The first-order valence-electron chi connectivity index (χ1n) is 9.34. The van der Waals surface area contributed by atoms with Gasteiger partial charge in [0.1, 0.15) is 5.75 Å². The van der Waals surface area contributed by atoms with E-state index >= 15 is 0 Å². The summed E-state index contributed by atoms with van der Waals surface area (Å²) in [6, 6.07) is 8.04. The Hall–Kier alpha value is -1.59. The van der Waals surface area contributed by atoms with Crippen molar-refractivity contribution in [3.05, 3.63) is 29.8 Å². The summed E-state index contributed by atoms with van der Waals surface area (Å²) in [6.07, 6.45) is 3.25. The van der Waals surface area contributed by atoms with E-state index in [-0.39, 0.29) is 11.8 Å². The average Bonchev–Trinajstić information content (AvgIpc) is 3.46. The number of nitrogens with zero attached hydrogens (tertiary/aromatic N) is 1. The maximum atomic E-state index is 12.5. The van der Waals surface area contributed by atoms with Crippen LogP contribution in [0.2, 0.25) is 0 Å². The zero-order valence-corrected chi connectivity index (χ0v) is 15.4. The third kappa shape index (κ3) is 4.73. The number of piperidine rings is 1. The molecule has 1 saturated heterocycles. The first-order valence-corrected chi connectivity index (χ1v) is 9.34. The van der Waals surface area contributed by atoms with Gasteiger partial charge in [0.25, 0.3) is 0 Å². The molecule has 0 unspecified atom stereocenters. The SMILES string of the molecule is COCCN1CCC(CNC(=O)[C@@H]2C[C@@H]2c2ccccc2OC)CC1. The molecule has 25 heavy (non-hydrogen) atoms. The van der Waals surface area contributed by atoms with Crippen LogP contribution in [-0.4, -0.2) is 57.8 Å². The second kappa shape index (κ2) is 8.68. The molecule has 1 aromatic carbocycles. The second-order valence-corrected chi connectivity index (χ2v) is 7.21. The number of para-hydroxylation sites is 1. The normalized spacial score (nSPS) is 24.1. The molecule has 2 atom stereocenters. The van der Waals surface area contributed by atoms with E-state index in [2.05, 4.69) is 16.3 Å². The van der Waals surface area contributed by atoms with E-state index in [0.29, 0.717) is 11.8 Å². The highest BCUT2D eigenvalue weighted by Crippen LogP contribution is 2.50. The number of likely N-dealkylation sites (tertiary alicyclic amines) is 1. The van der Waals surface area contributed by atoms with Crippen LogP contribution in [0.5, 0.6) is 5.75 Å². The highest BCUT2D eigenvalue weighted by Gasteiger charge is 2.45. The summed E-state index contributed by atoms with van der Waals surface area (Å²) in [5, 5.41) is 3.19. The van der Waals surface area contributed by atoms with Crippen LogP contribution in [0.25, 0.3) is 0 Å². The quantitative estimate of drug-likeness (QED) is 0.785. The van der Waals surface area contributed by atoms with Gasteiger partial charge in [-0.25, -0.2) is 0 Å². The third-order valence-electron chi connectivity index (χ3n) is 5.55. The summed E-state index contributed by atoms with van der Waals surface area (Å²) in [5.74, 6) is 2.13. The Labute approximate surface area is 150 Å². The van der Waals surface area contributed by atoms with Crippen LogP contribution in [0, 0.1) is 11.8 Å². The van der Waals surface area contributed by atoms with Gasteiger partial charge in [0.2, 0.25) is 5.91 Å². The van der Waals surface area contributed by atoms with Gasteiger partial charge < -0.3 is 19.7 Å². The number of carbonyl (C=O) groups excluding carboxylic acids is 1. The van der Waals surface area contributed by atoms with Crippen LogP contribution in [0.4, 0.5) is 0 Å². The second-order valence-electron chi connectivity index (χ2n) is 7.21. The van der Waals surface area contributed by atoms with Gasteiger partial charge in [-0.15, -0.1) is 0 Å². The van der Waals surface area contributed by atoms with Gasteiger partial charge in [0.15, 0.2) is 0 Å². The average molecular weight is 346 g/mol. The molecular weight excluding hydrogens is 316 g/mol. The predicted molar refractivity (Wildman–Crippen MR) is 97.9 cm³/mol. The molecule has 1 heterocycles. The minimum atomic E-state index is 0.109. The molecule has 5 heteroatoms. The maximum Gasteiger partial charge on any atom is 0.223 e. The van der Waals surface area contributed by atoms with Crippen molar-refractivity contribution in [1.29, 1.82) is 0 Å². The molecule has 2 aliphatic rings. The molecule has 0 radical (unpaired) electrons.